The lowest BCUT2D eigenvalue weighted by atomic mass is 10.1. The molecular weight excluding hydrogens is 434 g/mol. The van der Waals surface area contributed by atoms with Gasteiger partial charge in [0.2, 0.25) is 11.0 Å². The first kappa shape index (κ1) is 21.0. The predicted octanol–water partition coefficient (Wildman–Crippen LogP) is 4.90. The normalized spacial score (nSPS) is 11.1. The topological polar surface area (TPSA) is 117 Å². The number of aromatic nitrogens is 3. The summed E-state index contributed by atoms with van der Waals surface area (Å²) in [7, 11) is 4.03. The molecule has 0 bridgehead atoms. The molecule has 4 rings (SSSR count). The molecule has 0 aliphatic carbocycles. The maximum atomic E-state index is 7.51. The Morgan fingerprint density at radius 1 is 1.23 bits per heavy atom. The van der Waals surface area contributed by atoms with E-state index in [-0.39, 0.29) is 0 Å². The number of anilines is 3. The van der Waals surface area contributed by atoms with Crippen molar-refractivity contribution in [2.75, 3.05) is 25.1 Å². The number of hydrogen-bond acceptors (Lipinski definition) is 9. The third kappa shape index (κ3) is 4.58. The van der Waals surface area contributed by atoms with Crippen LogP contribution in [0.3, 0.4) is 0 Å². The average molecular weight is 454 g/mol. The van der Waals surface area contributed by atoms with E-state index in [1.807, 2.05) is 20.2 Å². The summed E-state index contributed by atoms with van der Waals surface area (Å²) in [5, 5.41) is 21.0. The highest BCUT2D eigenvalue weighted by Crippen LogP contribution is 2.35. The van der Waals surface area contributed by atoms with E-state index in [4.69, 9.17) is 27.2 Å². The van der Waals surface area contributed by atoms with E-state index in [0.717, 1.165) is 34.5 Å². The number of benzene rings is 2. The maximum absolute atomic E-state index is 7.51. The van der Waals surface area contributed by atoms with Gasteiger partial charge in [-0.05, 0) is 50.0 Å². The van der Waals surface area contributed by atoms with Crippen LogP contribution in [0.25, 0.3) is 22.0 Å². The van der Waals surface area contributed by atoms with Gasteiger partial charge in [0, 0.05) is 35.1 Å². The summed E-state index contributed by atoms with van der Waals surface area (Å²) in [6.07, 6.45) is 4.31. The SMILES string of the molecule is CN(C)Cc1cc(-c2ncco2)cc(-c2nnc(Nc3ccc(N)c(C=N)c3Cl)s2)c1. The van der Waals surface area contributed by atoms with Gasteiger partial charge in [-0.1, -0.05) is 22.9 Å². The van der Waals surface area contributed by atoms with Gasteiger partial charge in [-0.2, -0.15) is 0 Å². The van der Waals surface area contributed by atoms with Crippen molar-refractivity contribution in [2.24, 2.45) is 0 Å². The van der Waals surface area contributed by atoms with Crippen LogP contribution in [0, 0.1) is 5.41 Å². The Morgan fingerprint density at radius 2 is 2.03 bits per heavy atom. The third-order valence-corrected chi connectivity index (χ3v) is 5.74. The molecule has 10 heteroatoms. The monoisotopic (exact) mass is 453 g/mol. The fraction of sp³-hybridized carbons (Fsp3) is 0.143. The molecule has 0 atom stereocenters. The molecule has 8 nitrogen and oxygen atoms in total. The van der Waals surface area contributed by atoms with Crippen LogP contribution in [0.4, 0.5) is 16.5 Å². The molecule has 31 heavy (non-hydrogen) atoms. The van der Waals surface area contributed by atoms with Gasteiger partial charge in [0.15, 0.2) is 0 Å². The van der Waals surface area contributed by atoms with Gasteiger partial charge >= 0.3 is 0 Å². The summed E-state index contributed by atoms with van der Waals surface area (Å²) in [6, 6.07) is 9.58. The van der Waals surface area contributed by atoms with Crippen LogP contribution in [0.2, 0.25) is 5.02 Å². The zero-order chi connectivity index (χ0) is 22.0. The predicted molar refractivity (Wildman–Crippen MR) is 125 cm³/mol. The smallest absolute Gasteiger partial charge is 0.225 e. The maximum Gasteiger partial charge on any atom is 0.225 e. The summed E-state index contributed by atoms with van der Waals surface area (Å²) in [5.41, 5.74) is 10.3. The van der Waals surface area contributed by atoms with E-state index in [1.165, 1.54) is 11.3 Å². The summed E-state index contributed by atoms with van der Waals surface area (Å²) >= 11 is 7.77. The van der Waals surface area contributed by atoms with Crippen molar-refractivity contribution in [1.82, 2.24) is 20.1 Å². The molecule has 2 aromatic carbocycles. The molecule has 4 aromatic rings. The molecule has 0 radical (unpaired) electrons. The highest BCUT2D eigenvalue weighted by atomic mass is 35.5. The minimum absolute atomic E-state index is 0.367. The van der Waals surface area contributed by atoms with Gasteiger partial charge in [0.25, 0.3) is 0 Å². The van der Waals surface area contributed by atoms with Crippen molar-refractivity contribution in [3.05, 3.63) is 58.9 Å². The fourth-order valence-electron chi connectivity index (χ4n) is 3.12. The molecule has 0 unspecified atom stereocenters. The molecule has 4 N–H and O–H groups in total. The van der Waals surface area contributed by atoms with E-state index in [9.17, 15) is 0 Å². The van der Waals surface area contributed by atoms with E-state index in [2.05, 4.69) is 37.5 Å². The number of nitrogens with two attached hydrogens (primary N) is 1. The molecular formula is C21H20ClN7OS. The van der Waals surface area contributed by atoms with Crippen molar-refractivity contribution in [1.29, 1.82) is 5.41 Å². The second-order valence-corrected chi connectivity index (χ2v) is 8.46. The van der Waals surface area contributed by atoms with Crippen LogP contribution in [-0.4, -0.2) is 40.4 Å². The van der Waals surface area contributed by atoms with Crippen molar-refractivity contribution < 1.29 is 4.42 Å². The summed E-state index contributed by atoms with van der Waals surface area (Å²) in [5.74, 6) is 0.553. The molecule has 0 amide bonds. The Bertz CT molecular complexity index is 1220. The molecule has 0 saturated heterocycles. The Labute approximate surface area is 188 Å². The van der Waals surface area contributed by atoms with Crippen LogP contribution in [0.1, 0.15) is 11.1 Å². The number of hydrogen-bond donors (Lipinski definition) is 3. The number of rotatable bonds is 7. The lowest BCUT2D eigenvalue weighted by Crippen LogP contribution is -2.10. The van der Waals surface area contributed by atoms with Crippen molar-refractivity contribution in [2.45, 2.75) is 6.54 Å². The number of oxazole rings is 1. The zero-order valence-electron chi connectivity index (χ0n) is 16.9. The standard InChI is InChI=1S/C21H20ClN7OS/c1-29(2)11-12-7-13(19-25-5-6-30-19)9-14(8-12)20-27-28-21(31-20)26-17-4-3-16(24)15(10-23)18(17)22/h3-10,23H,11,24H2,1-2H3,(H,26,28). The third-order valence-electron chi connectivity index (χ3n) is 4.44. The Hall–Kier alpha value is -3.27. The van der Waals surface area contributed by atoms with Gasteiger partial charge in [0.1, 0.15) is 11.3 Å². The first-order valence-corrected chi connectivity index (χ1v) is 10.5. The molecule has 0 spiro atoms. The number of nitrogen functional groups attached to an aromatic ring is 1. The summed E-state index contributed by atoms with van der Waals surface area (Å²) in [4.78, 5) is 6.36. The molecule has 2 heterocycles. The minimum Gasteiger partial charge on any atom is -0.445 e. The van der Waals surface area contributed by atoms with Crippen molar-refractivity contribution >= 4 is 45.7 Å². The fourth-order valence-corrected chi connectivity index (χ4v) is 4.14. The molecule has 158 valence electrons. The van der Waals surface area contributed by atoms with Gasteiger partial charge in [0.05, 0.1) is 16.9 Å². The largest absolute Gasteiger partial charge is 0.445 e. The van der Waals surface area contributed by atoms with Gasteiger partial charge in [-0.25, -0.2) is 4.98 Å². The highest BCUT2D eigenvalue weighted by Gasteiger charge is 2.14. The Kier molecular flexibility index (Phi) is 5.99. The van der Waals surface area contributed by atoms with E-state index in [1.54, 1.807) is 24.6 Å². The van der Waals surface area contributed by atoms with Crippen molar-refractivity contribution in [3.8, 4) is 22.0 Å². The molecule has 0 saturated carbocycles. The Balaban J connectivity index is 1.67. The first-order chi connectivity index (χ1) is 14.9. The molecule has 0 fully saturated rings. The zero-order valence-corrected chi connectivity index (χ0v) is 18.5. The van der Waals surface area contributed by atoms with Gasteiger partial charge in [-0.3, -0.25) is 0 Å². The van der Waals surface area contributed by atoms with Gasteiger partial charge < -0.3 is 25.8 Å². The second-order valence-electron chi connectivity index (χ2n) is 7.11. The molecule has 2 aromatic heterocycles. The summed E-state index contributed by atoms with van der Waals surface area (Å²) in [6.45, 7) is 0.763. The van der Waals surface area contributed by atoms with E-state index < -0.39 is 0 Å². The van der Waals surface area contributed by atoms with Crippen molar-refractivity contribution in [3.63, 3.8) is 0 Å². The number of nitrogens with zero attached hydrogens (tertiary/aromatic N) is 4. The van der Waals surface area contributed by atoms with Crippen LogP contribution in [-0.2, 0) is 6.54 Å². The second kappa shape index (κ2) is 8.84. The quantitative estimate of drug-likeness (QED) is 0.269. The first-order valence-electron chi connectivity index (χ1n) is 9.32. The minimum atomic E-state index is 0.367. The lowest BCUT2D eigenvalue weighted by molar-refractivity contribution is 0.402. The van der Waals surface area contributed by atoms with Crippen LogP contribution in [0.15, 0.2) is 47.2 Å². The van der Waals surface area contributed by atoms with Gasteiger partial charge in [-0.15, -0.1) is 10.2 Å². The van der Waals surface area contributed by atoms with Crippen LogP contribution >= 0.6 is 22.9 Å². The molecule has 0 aliphatic heterocycles. The average Bonchev–Trinajstić information content (AvgIpc) is 3.42. The summed E-state index contributed by atoms with van der Waals surface area (Å²) < 4.78 is 5.49. The lowest BCUT2D eigenvalue weighted by Gasteiger charge is -2.11. The molecule has 0 aliphatic rings. The number of nitrogens with one attached hydrogen (secondary N) is 2. The van der Waals surface area contributed by atoms with E-state index >= 15 is 0 Å². The Morgan fingerprint density at radius 3 is 2.74 bits per heavy atom. The highest BCUT2D eigenvalue weighted by molar-refractivity contribution is 7.18. The van der Waals surface area contributed by atoms with Crippen LogP contribution < -0.4 is 11.1 Å². The van der Waals surface area contributed by atoms with Crippen LogP contribution in [0.5, 0.6) is 0 Å². The number of halogens is 1. The van der Waals surface area contributed by atoms with E-state index in [0.29, 0.717) is 33.0 Å².